The molecule has 3 N–H and O–H groups in total. The number of aliphatic hydroxyl groups is 1. The van der Waals surface area contributed by atoms with Crippen molar-refractivity contribution in [1.82, 2.24) is 15.5 Å². The lowest BCUT2D eigenvalue weighted by molar-refractivity contribution is 0.173. The van der Waals surface area contributed by atoms with Crippen LogP contribution < -0.4 is 10.6 Å². The van der Waals surface area contributed by atoms with E-state index in [-0.39, 0.29) is 6.03 Å². The molecular formula is C13H19N3O2. The Morgan fingerprint density at radius 3 is 2.83 bits per heavy atom. The summed E-state index contributed by atoms with van der Waals surface area (Å²) >= 11 is 0. The molecule has 0 radical (unpaired) electrons. The highest BCUT2D eigenvalue weighted by molar-refractivity contribution is 5.76. The molecule has 5 heteroatoms. The number of carbonyl (C=O) groups is 1. The Bertz CT molecular complexity index is 383. The van der Waals surface area contributed by atoms with Gasteiger partial charge in [-0.05, 0) is 5.56 Å². The molecule has 1 aromatic carbocycles. The van der Waals surface area contributed by atoms with Crippen LogP contribution in [0.4, 0.5) is 4.79 Å². The molecule has 1 heterocycles. The fourth-order valence-corrected chi connectivity index (χ4v) is 1.97. The molecule has 1 aliphatic heterocycles. The maximum Gasteiger partial charge on any atom is 0.317 e. The van der Waals surface area contributed by atoms with E-state index in [0.29, 0.717) is 19.6 Å². The maximum absolute atomic E-state index is 11.3. The molecular weight excluding hydrogens is 230 g/mol. The number of aliphatic hydroxyl groups excluding tert-OH is 1. The monoisotopic (exact) mass is 249 g/mol. The van der Waals surface area contributed by atoms with Gasteiger partial charge in [0.05, 0.1) is 6.10 Å². The molecule has 0 spiro atoms. The van der Waals surface area contributed by atoms with Crippen LogP contribution in [-0.2, 0) is 0 Å². The third-order valence-electron chi connectivity index (χ3n) is 3.03. The number of nitrogens with one attached hydrogen (secondary N) is 2. The van der Waals surface area contributed by atoms with Crippen molar-refractivity contribution in [3.8, 4) is 0 Å². The van der Waals surface area contributed by atoms with Crippen molar-refractivity contribution in [1.29, 1.82) is 0 Å². The van der Waals surface area contributed by atoms with Gasteiger partial charge >= 0.3 is 6.03 Å². The maximum atomic E-state index is 11.3. The van der Waals surface area contributed by atoms with Gasteiger partial charge in [-0.2, -0.15) is 0 Å². The summed E-state index contributed by atoms with van der Waals surface area (Å²) in [4.78, 5) is 13.0. The first-order chi connectivity index (χ1) is 8.77. The predicted molar refractivity (Wildman–Crippen MR) is 69.2 cm³/mol. The molecule has 0 bridgehead atoms. The summed E-state index contributed by atoms with van der Waals surface area (Å²) < 4.78 is 0. The van der Waals surface area contributed by atoms with Gasteiger partial charge in [-0.3, -0.25) is 0 Å². The molecule has 1 fully saturated rings. The summed E-state index contributed by atoms with van der Waals surface area (Å²) in [6.07, 6.45) is -0.501. The average molecular weight is 249 g/mol. The lowest BCUT2D eigenvalue weighted by Gasteiger charge is -2.16. The van der Waals surface area contributed by atoms with E-state index in [9.17, 15) is 9.90 Å². The molecule has 1 saturated heterocycles. The Balaban J connectivity index is 1.65. The second-order valence-electron chi connectivity index (χ2n) is 4.35. The van der Waals surface area contributed by atoms with Crippen LogP contribution in [0.3, 0.4) is 0 Å². The Kier molecular flexibility index (Phi) is 4.55. The van der Waals surface area contributed by atoms with Gasteiger partial charge in [0.1, 0.15) is 0 Å². The summed E-state index contributed by atoms with van der Waals surface area (Å²) in [6.45, 7) is 3.36. The number of carbonyl (C=O) groups excluding carboxylic acids is 1. The molecule has 1 unspecified atom stereocenters. The van der Waals surface area contributed by atoms with Crippen LogP contribution in [0.5, 0.6) is 0 Å². The Labute approximate surface area is 107 Å². The quantitative estimate of drug-likeness (QED) is 0.637. The lowest BCUT2D eigenvalue weighted by atomic mass is 10.1. The van der Waals surface area contributed by atoms with E-state index in [1.807, 2.05) is 30.3 Å². The van der Waals surface area contributed by atoms with E-state index in [0.717, 1.165) is 18.7 Å². The summed E-state index contributed by atoms with van der Waals surface area (Å²) in [6, 6.07) is 9.55. The smallest absolute Gasteiger partial charge is 0.317 e. The highest BCUT2D eigenvalue weighted by atomic mass is 16.3. The first-order valence-electron chi connectivity index (χ1n) is 6.24. The van der Waals surface area contributed by atoms with E-state index in [1.165, 1.54) is 0 Å². The summed E-state index contributed by atoms with van der Waals surface area (Å²) in [7, 11) is 0. The van der Waals surface area contributed by atoms with Crippen molar-refractivity contribution in [2.75, 3.05) is 32.7 Å². The van der Waals surface area contributed by atoms with E-state index in [4.69, 9.17) is 0 Å². The van der Waals surface area contributed by atoms with Gasteiger partial charge in [-0.1, -0.05) is 30.3 Å². The highest BCUT2D eigenvalue weighted by Gasteiger charge is 2.18. The number of nitrogens with zero attached hydrogens (tertiary/aromatic N) is 1. The van der Waals surface area contributed by atoms with Crippen LogP contribution in [0.1, 0.15) is 11.7 Å². The molecule has 1 atom stereocenters. The van der Waals surface area contributed by atoms with Gasteiger partial charge in [0.2, 0.25) is 0 Å². The number of hydrogen-bond acceptors (Lipinski definition) is 3. The van der Waals surface area contributed by atoms with E-state index < -0.39 is 6.10 Å². The number of urea groups is 1. The minimum absolute atomic E-state index is 0.000378. The zero-order valence-electron chi connectivity index (χ0n) is 10.3. The number of amides is 2. The highest BCUT2D eigenvalue weighted by Crippen LogP contribution is 2.10. The molecule has 5 nitrogen and oxygen atoms in total. The summed E-state index contributed by atoms with van der Waals surface area (Å²) in [5.74, 6) is 0. The second-order valence-corrected chi connectivity index (χ2v) is 4.35. The summed E-state index contributed by atoms with van der Waals surface area (Å²) in [5, 5.41) is 15.8. The predicted octanol–water partition coefficient (Wildman–Crippen LogP) is 0.335. The standard InChI is InChI=1S/C13H19N3O2/c17-12(11-4-2-1-3-5-11)10-14-6-8-16-9-7-15-13(16)18/h1-5,12,14,17H,6-10H2,(H,15,18). The van der Waals surface area contributed by atoms with Crippen LogP contribution in [0, 0.1) is 0 Å². The Hall–Kier alpha value is -1.59. The third kappa shape index (κ3) is 3.45. The van der Waals surface area contributed by atoms with Crippen LogP contribution in [0.25, 0.3) is 0 Å². The molecule has 0 saturated carbocycles. The molecule has 98 valence electrons. The summed E-state index contributed by atoms with van der Waals surface area (Å²) in [5.41, 5.74) is 0.906. The fourth-order valence-electron chi connectivity index (χ4n) is 1.97. The van der Waals surface area contributed by atoms with Crippen molar-refractivity contribution in [3.63, 3.8) is 0 Å². The van der Waals surface area contributed by atoms with Crippen LogP contribution in [0.15, 0.2) is 30.3 Å². The minimum Gasteiger partial charge on any atom is -0.387 e. The Morgan fingerprint density at radius 2 is 2.17 bits per heavy atom. The van der Waals surface area contributed by atoms with Gasteiger partial charge in [-0.15, -0.1) is 0 Å². The van der Waals surface area contributed by atoms with Crippen molar-refractivity contribution in [2.45, 2.75) is 6.10 Å². The van der Waals surface area contributed by atoms with Gasteiger partial charge in [0.15, 0.2) is 0 Å². The fraction of sp³-hybridized carbons (Fsp3) is 0.462. The zero-order chi connectivity index (χ0) is 12.8. The van der Waals surface area contributed by atoms with Crippen LogP contribution >= 0.6 is 0 Å². The molecule has 1 aromatic rings. The Morgan fingerprint density at radius 1 is 1.39 bits per heavy atom. The number of hydrogen-bond donors (Lipinski definition) is 3. The number of rotatable bonds is 6. The third-order valence-corrected chi connectivity index (χ3v) is 3.03. The minimum atomic E-state index is -0.501. The SMILES string of the molecule is O=C1NCCN1CCNCC(O)c1ccccc1. The van der Waals surface area contributed by atoms with E-state index in [1.54, 1.807) is 4.90 Å². The average Bonchev–Trinajstić information content (AvgIpc) is 2.81. The first-order valence-corrected chi connectivity index (χ1v) is 6.24. The van der Waals surface area contributed by atoms with Gasteiger partial charge in [0.25, 0.3) is 0 Å². The van der Waals surface area contributed by atoms with Crippen molar-refractivity contribution >= 4 is 6.03 Å². The van der Waals surface area contributed by atoms with E-state index >= 15 is 0 Å². The van der Waals surface area contributed by atoms with Crippen LogP contribution in [-0.4, -0.2) is 48.8 Å². The number of benzene rings is 1. The zero-order valence-corrected chi connectivity index (χ0v) is 10.3. The van der Waals surface area contributed by atoms with Crippen LogP contribution in [0.2, 0.25) is 0 Å². The van der Waals surface area contributed by atoms with Gasteiger partial charge in [0, 0.05) is 32.7 Å². The van der Waals surface area contributed by atoms with Gasteiger partial charge < -0.3 is 20.6 Å². The topological polar surface area (TPSA) is 64.6 Å². The van der Waals surface area contributed by atoms with Crippen molar-refractivity contribution in [3.05, 3.63) is 35.9 Å². The molecule has 18 heavy (non-hydrogen) atoms. The second kappa shape index (κ2) is 6.37. The normalized spacial score (nSPS) is 16.7. The largest absolute Gasteiger partial charge is 0.387 e. The molecule has 1 aliphatic rings. The molecule has 0 aliphatic carbocycles. The molecule has 2 rings (SSSR count). The lowest BCUT2D eigenvalue weighted by Crippen LogP contribution is -2.35. The van der Waals surface area contributed by atoms with Gasteiger partial charge in [-0.25, -0.2) is 4.79 Å². The van der Waals surface area contributed by atoms with Crippen molar-refractivity contribution < 1.29 is 9.90 Å². The van der Waals surface area contributed by atoms with E-state index in [2.05, 4.69) is 10.6 Å². The van der Waals surface area contributed by atoms with Crippen molar-refractivity contribution in [2.24, 2.45) is 0 Å². The molecule has 0 aromatic heterocycles. The first kappa shape index (κ1) is 12.9. The molecule has 2 amide bonds.